The summed E-state index contributed by atoms with van der Waals surface area (Å²) in [6, 6.07) is 5.45. The predicted octanol–water partition coefficient (Wildman–Crippen LogP) is 2.17. The van der Waals surface area contributed by atoms with E-state index in [-0.39, 0.29) is 23.4 Å². The van der Waals surface area contributed by atoms with Crippen LogP contribution in [0.25, 0.3) is 0 Å². The van der Waals surface area contributed by atoms with Gasteiger partial charge >= 0.3 is 6.18 Å². The first-order valence-corrected chi connectivity index (χ1v) is 8.38. The Labute approximate surface area is 137 Å². The van der Waals surface area contributed by atoms with Crippen molar-refractivity contribution < 1.29 is 26.4 Å². The SMILES string of the molecule is C=C(CCNC(=O)c1ccc(C#N)cc1NS(C)(=O)=O)C(F)(F)F. The minimum absolute atomic E-state index is 0.114. The van der Waals surface area contributed by atoms with E-state index >= 15 is 0 Å². The number of sulfonamides is 1. The fourth-order valence-electron chi connectivity index (χ4n) is 1.66. The van der Waals surface area contributed by atoms with Crippen molar-refractivity contribution in [2.45, 2.75) is 12.6 Å². The minimum atomic E-state index is -4.54. The molecule has 0 unspecified atom stereocenters. The highest BCUT2D eigenvalue weighted by molar-refractivity contribution is 7.92. The van der Waals surface area contributed by atoms with Gasteiger partial charge in [0.05, 0.1) is 29.1 Å². The van der Waals surface area contributed by atoms with Gasteiger partial charge in [0.25, 0.3) is 5.91 Å². The van der Waals surface area contributed by atoms with Crippen molar-refractivity contribution >= 4 is 21.6 Å². The summed E-state index contributed by atoms with van der Waals surface area (Å²) < 4.78 is 61.7. The Bertz CT molecular complexity index is 796. The Morgan fingerprint density at radius 3 is 2.50 bits per heavy atom. The Hall–Kier alpha value is -2.54. The summed E-state index contributed by atoms with van der Waals surface area (Å²) in [6.45, 7) is 2.56. The van der Waals surface area contributed by atoms with E-state index in [2.05, 4.69) is 16.6 Å². The molecule has 130 valence electrons. The van der Waals surface area contributed by atoms with Gasteiger partial charge in [0, 0.05) is 12.1 Å². The second-order valence-electron chi connectivity index (χ2n) is 4.85. The van der Waals surface area contributed by atoms with Crippen molar-refractivity contribution in [3.63, 3.8) is 0 Å². The maximum atomic E-state index is 12.3. The van der Waals surface area contributed by atoms with E-state index in [0.29, 0.717) is 0 Å². The number of alkyl halides is 3. The first kappa shape index (κ1) is 19.5. The largest absolute Gasteiger partial charge is 0.412 e. The van der Waals surface area contributed by atoms with E-state index in [0.717, 1.165) is 12.3 Å². The molecule has 1 amide bonds. The summed E-state index contributed by atoms with van der Waals surface area (Å²) >= 11 is 0. The van der Waals surface area contributed by atoms with Crippen molar-refractivity contribution in [2.24, 2.45) is 0 Å². The zero-order chi connectivity index (χ0) is 18.5. The number of carbonyl (C=O) groups is 1. The van der Waals surface area contributed by atoms with Crippen LogP contribution in [0.3, 0.4) is 0 Å². The molecule has 24 heavy (non-hydrogen) atoms. The summed E-state index contributed by atoms with van der Waals surface area (Å²) in [4.78, 5) is 12.0. The van der Waals surface area contributed by atoms with Gasteiger partial charge in [-0.05, 0) is 24.6 Å². The van der Waals surface area contributed by atoms with Crippen LogP contribution >= 0.6 is 0 Å². The Balaban J connectivity index is 2.90. The fourth-order valence-corrected chi connectivity index (χ4v) is 2.23. The van der Waals surface area contributed by atoms with Crippen LogP contribution < -0.4 is 10.0 Å². The summed E-state index contributed by atoms with van der Waals surface area (Å²) in [6.07, 6.45) is -4.18. The van der Waals surface area contributed by atoms with Gasteiger partial charge in [0.1, 0.15) is 0 Å². The molecule has 0 aliphatic rings. The third kappa shape index (κ3) is 5.92. The molecule has 2 N–H and O–H groups in total. The number of carbonyl (C=O) groups excluding carboxylic acids is 1. The fraction of sp³-hybridized carbons (Fsp3) is 0.286. The molecular formula is C14H14F3N3O3S. The Morgan fingerprint density at radius 1 is 1.38 bits per heavy atom. The average Bonchev–Trinajstić information content (AvgIpc) is 2.44. The van der Waals surface area contributed by atoms with Crippen LogP contribution in [0, 0.1) is 11.3 Å². The third-order valence-corrected chi connectivity index (χ3v) is 3.39. The van der Waals surface area contributed by atoms with Crippen molar-refractivity contribution in [2.75, 3.05) is 17.5 Å². The lowest BCUT2D eigenvalue weighted by Gasteiger charge is -2.13. The van der Waals surface area contributed by atoms with Gasteiger partial charge < -0.3 is 5.32 Å². The van der Waals surface area contributed by atoms with Crippen molar-refractivity contribution in [3.05, 3.63) is 41.5 Å². The molecule has 1 rings (SSSR count). The van der Waals surface area contributed by atoms with Crippen LogP contribution in [0.15, 0.2) is 30.4 Å². The molecule has 0 aromatic heterocycles. The van der Waals surface area contributed by atoms with Crippen LogP contribution in [0.1, 0.15) is 22.3 Å². The molecule has 6 nitrogen and oxygen atoms in total. The van der Waals surface area contributed by atoms with Crippen molar-refractivity contribution in [3.8, 4) is 6.07 Å². The number of halogens is 3. The van der Waals surface area contributed by atoms with E-state index in [1.165, 1.54) is 12.1 Å². The van der Waals surface area contributed by atoms with E-state index in [9.17, 15) is 26.4 Å². The average molecular weight is 361 g/mol. The number of nitrogens with one attached hydrogen (secondary N) is 2. The first-order valence-electron chi connectivity index (χ1n) is 6.49. The maximum absolute atomic E-state index is 12.3. The molecule has 0 saturated heterocycles. The summed E-state index contributed by atoms with van der Waals surface area (Å²) in [5.41, 5.74) is -1.12. The zero-order valence-corrected chi connectivity index (χ0v) is 13.4. The Morgan fingerprint density at radius 2 is 2.00 bits per heavy atom. The smallest absolute Gasteiger partial charge is 0.352 e. The van der Waals surface area contributed by atoms with Crippen LogP contribution in [0.5, 0.6) is 0 Å². The Kier molecular flexibility index (Phi) is 5.98. The van der Waals surface area contributed by atoms with Gasteiger partial charge in [-0.1, -0.05) is 6.58 Å². The second-order valence-corrected chi connectivity index (χ2v) is 6.60. The number of nitrogens with zero attached hydrogens (tertiary/aromatic N) is 1. The molecule has 0 spiro atoms. The van der Waals surface area contributed by atoms with Gasteiger partial charge in [0.2, 0.25) is 10.0 Å². The zero-order valence-electron chi connectivity index (χ0n) is 12.6. The summed E-state index contributed by atoms with van der Waals surface area (Å²) in [5, 5.41) is 11.1. The third-order valence-electron chi connectivity index (χ3n) is 2.80. The molecule has 0 heterocycles. The molecule has 0 aliphatic heterocycles. The predicted molar refractivity (Wildman–Crippen MR) is 81.8 cm³/mol. The van der Waals surface area contributed by atoms with Gasteiger partial charge in [0.15, 0.2) is 0 Å². The number of anilines is 1. The maximum Gasteiger partial charge on any atom is 0.412 e. The molecule has 0 bridgehead atoms. The monoisotopic (exact) mass is 361 g/mol. The number of amides is 1. The standard InChI is InChI=1S/C14H14F3N3O3S/c1-9(14(15,16)17)5-6-19-13(21)11-4-3-10(8-18)7-12(11)20-24(2,22)23/h3-4,7,20H,1,5-6H2,2H3,(H,19,21). The number of rotatable bonds is 6. The van der Waals surface area contributed by atoms with Crippen LogP contribution in [0.4, 0.5) is 18.9 Å². The highest BCUT2D eigenvalue weighted by Gasteiger charge is 2.31. The highest BCUT2D eigenvalue weighted by atomic mass is 32.2. The van der Waals surface area contributed by atoms with Crippen molar-refractivity contribution in [1.82, 2.24) is 5.32 Å². The molecule has 10 heteroatoms. The molecule has 0 saturated carbocycles. The first-order chi connectivity index (χ1) is 10.9. The summed E-state index contributed by atoms with van der Waals surface area (Å²) in [7, 11) is -3.71. The lowest BCUT2D eigenvalue weighted by atomic mass is 10.1. The van der Waals surface area contributed by atoms with E-state index in [4.69, 9.17) is 5.26 Å². The number of hydrogen-bond acceptors (Lipinski definition) is 4. The lowest BCUT2D eigenvalue weighted by Crippen LogP contribution is -2.27. The second kappa shape index (κ2) is 7.35. The molecule has 0 fully saturated rings. The lowest BCUT2D eigenvalue weighted by molar-refractivity contribution is -0.0934. The van der Waals surface area contributed by atoms with Crippen LogP contribution in [0.2, 0.25) is 0 Å². The van der Waals surface area contributed by atoms with Gasteiger partial charge in [-0.15, -0.1) is 0 Å². The van der Waals surface area contributed by atoms with Crippen molar-refractivity contribution in [1.29, 1.82) is 5.26 Å². The van der Waals surface area contributed by atoms with Gasteiger partial charge in [-0.3, -0.25) is 9.52 Å². The quantitative estimate of drug-likeness (QED) is 0.759. The molecular weight excluding hydrogens is 347 g/mol. The normalized spacial score (nSPS) is 11.5. The van der Waals surface area contributed by atoms with E-state index in [1.807, 2.05) is 0 Å². The molecule has 0 aliphatic carbocycles. The number of benzene rings is 1. The molecule has 0 radical (unpaired) electrons. The topological polar surface area (TPSA) is 99.1 Å². The molecule has 1 aromatic carbocycles. The molecule has 0 atom stereocenters. The minimum Gasteiger partial charge on any atom is -0.352 e. The van der Waals surface area contributed by atoms with Crippen LogP contribution in [-0.2, 0) is 10.0 Å². The number of nitriles is 1. The molecule has 1 aromatic rings. The number of hydrogen-bond donors (Lipinski definition) is 2. The van der Waals surface area contributed by atoms with Crippen LogP contribution in [-0.4, -0.2) is 33.3 Å². The van der Waals surface area contributed by atoms with E-state index in [1.54, 1.807) is 6.07 Å². The van der Waals surface area contributed by atoms with Gasteiger partial charge in [-0.25, -0.2) is 8.42 Å². The summed E-state index contributed by atoms with van der Waals surface area (Å²) in [5.74, 6) is -0.777. The highest BCUT2D eigenvalue weighted by Crippen LogP contribution is 2.26. The van der Waals surface area contributed by atoms with E-state index < -0.39 is 34.1 Å². The van der Waals surface area contributed by atoms with Gasteiger partial charge in [-0.2, -0.15) is 18.4 Å².